The van der Waals surface area contributed by atoms with Crippen molar-refractivity contribution in [3.63, 3.8) is 0 Å². The van der Waals surface area contributed by atoms with Crippen molar-refractivity contribution in [1.29, 1.82) is 0 Å². The van der Waals surface area contributed by atoms with E-state index in [1.54, 1.807) is 11.1 Å². The van der Waals surface area contributed by atoms with E-state index in [0.717, 1.165) is 23.7 Å². The molecule has 314 valence electrons. The molecule has 0 aliphatic heterocycles. The molecule has 2 nitrogen and oxygen atoms in total. The summed E-state index contributed by atoms with van der Waals surface area (Å²) in [5, 5.41) is 5.07. The molecule has 9 aromatic carbocycles. The number of fused-ring (bicyclic) bond motifs is 9. The molecular weight excluding hydrogens is 797 g/mol. The maximum atomic E-state index is 2.62. The van der Waals surface area contributed by atoms with Crippen LogP contribution >= 0.6 is 0 Å². The van der Waals surface area contributed by atoms with Gasteiger partial charge in [-0.1, -0.05) is 140 Å². The number of aromatic nitrogens is 2. The third-order valence-electron chi connectivity index (χ3n) is 16.9. The highest BCUT2D eigenvalue weighted by Crippen LogP contribution is 2.69. The zero-order chi connectivity index (χ0) is 43.1. The van der Waals surface area contributed by atoms with Gasteiger partial charge in [0.05, 0.1) is 22.1 Å². The van der Waals surface area contributed by atoms with Crippen LogP contribution in [0, 0.1) is 23.7 Å². The molecule has 2 aromatic heterocycles. The van der Waals surface area contributed by atoms with E-state index in [0.29, 0.717) is 0 Å². The van der Waals surface area contributed by atoms with Crippen molar-refractivity contribution in [3.8, 4) is 55.9 Å². The van der Waals surface area contributed by atoms with E-state index < -0.39 is 0 Å². The Morgan fingerprint density at radius 1 is 0.303 bits per heavy atom. The lowest BCUT2D eigenvalue weighted by molar-refractivity contribution is -0.0399. The predicted molar refractivity (Wildman–Crippen MR) is 275 cm³/mol. The fraction of sp³-hybridized carbons (Fsp3) is 0.156. The van der Waals surface area contributed by atoms with Crippen molar-refractivity contribution in [3.05, 3.63) is 217 Å². The van der Waals surface area contributed by atoms with Crippen LogP contribution in [0.15, 0.2) is 206 Å². The Kier molecular flexibility index (Phi) is 7.71. The fourth-order valence-electron chi connectivity index (χ4n) is 14.4. The molecule has 0 atom stereocenters. The van der Waals surface area contributed by atoms with E-state index in [1.807, 2.05) is 0 Å². The summed E-state index contributed by atoms with van der Waals surface area (Å²) in [5.74, 6) is 3.42. The summed E-state index contributed by atoms with van der Waals surface area (Å²) in [5.41, 5.74) is 21.2. The Bertz CT molecular complexity index is 3720. The van der Waals surface area contributed by atoms with Crippen molar-refractivity contribution in [1.82, 2.24) is 9.13 Å². The van der Waals surface area contributed by atoms with Crippen LogP contribution in [-0.2, 0) is 5.41 Å². The monoisotopic (exact) mass is 844 g/mol. The van der Waals surface area contributed by atoms with Crippen molar-refractivity contribution >= 4 is 43.6 Å². The molecule has 5 aliphatic carbocycles. The number of benzene rings is 9. The summed E-state index contributed by atoms with van der Waals surface area (Å²) in [6, 6.07) is 77.8. The molecule has 4 fully saturated rings. The molecule has 11 aromatic rings. The van der Waals surface area contributed by atoms with Gasteiger partial charge in [-0.3, -0.25) is 0 Å². The van der Waals surface area contributed by atoms with Gasteiger partial charge in [0.15, 0.2) is 0 Å². The van der Waals surface area contributed by atoms with Crippen LogP contribution in [0.3, 0.4) is 0 Å². The number of hydrogen-bond donors (Lipinski definition) is 0. The van der Waals surface area contributed by atoms with Gasteiger partial charge in [0.2, 0.25) is 0 Å². The second-order valence-corrected chi connectivity index (χ2v) is 20.1. The van der Waals surface area contributed by atoms with Crippen molar-refractivity contribution in [2.75, 3.05) is 0 Å². The van der Waals surface area contributed by atoms with E-state index in [9.17, 15) is 0 Å². The van der Waals surface area contributed by atoms with Gasteiger partial charge in [-0.15, -0.1) is 0 Å². The average molecular weight is 845 g/mol. The van der Waals surface area contributed by atoms with Crippen LogP contribution in [0.25, 0.3) is 99.5 Å². The zero-order valence-corrected chi connectivity index (χ0v) is 36.9. The SMILES string of the molecule is c1ccc(-c2ccc(-n3c4ccccc4c4cc(-c5ccc6c(c5)c5ccccc5n6-c5ccc(-c6ccc7c(c6)C6(c8ccccc8-7)C7CC8CC(C7)CC6C8)cc5)ccc43)cc2)cc1. The van der Waals surface area contributed by atoms with Gasteiger partial charge in [-0.05, 0) is 178 Å². The number of para-hydroxylation sites is 2. The first-order valence-electron chi connectivity index (χ1n) is 24.3. The zero-order valence-electron chi connectivity index (χ0n) is 36.9. The van der Waals surface area contributed by atoms with Crippen LogP contribution in [0.2, 0.25) is 0 Å². The predicted octanol–water partition coefficient (Wildman–Crippen LogP) is 16.6. The molecule has 0 saturated heterocycles. The van der Waals surface area contributed by atoms with Crippen LogP contribution in [0.5, 0.6) is 0 Å². The minimum Gasteiger partial charge on any atom is -0.309 e. The smallest absolute Gasteiger partial charge is 0.0541 e. The molecule has 16 rings (SSSR count). The minimum absolute atomic E-state index is 0.178. The highest BCUT2D eigenvalue weighted by atomic mass is 15.0. The topological polar surface area (TPSA) is 9.86 Å². The van der Waals surface area contributed by atoms with Crippen LogP contribution < -0.4 is 0 Å². The number of nitrogens with zero attached hydrogens (tertiary/aromatic N) is 2. The summed E-state index contributed by atoms with van der Waals surface area (Å²) >= 11 is 0. The van der Waals surface area contributed by atoms with Gasteiger partial charge in [-0.25, -0.2) is 0 Å². The Morgan fingerprint density at radius 2 is 0.727 bits per heavy atom. The summed E-state index contributed by atoms with van der Waals surface area (Å²) < 4.78 is 4.87. The van der Waals surface area contributed by atoms with Crippen molar-refractivity contribution in [2.24, 2.45) is 23.7 Å². The van der Waals surface area contributed by atoms with Crippen LogP contribution in [0.4, 0.5) is 0 Å². The maximum Gasteiger partial charge on any atom is 0.0541 e. The molecule has 2 heterocycles. The Hall–Kier alpha value is -7.42. The average Bonchev–Trinajstić information content (AvgIpc) is 3.99. The van der Waals surface area contributed by atoms with Gasteiger partial charge in [0.1, 0.15) is 0 Å². The summed E-state index contributed by atoms with van der Waals surface area (Å²) in [4.78, 5) is 0. The molecule has 0 amide bonds. The van der Waals surface area contributed by atoms with Crippen LogP contribution in [0.1, 0.15) is 43.2 Å². The summed E-state index contributed by atoms with van der Waals surface area (Å²) in [6.07, 6.45) is 7.11. The van der Waals surface area contributed by atoms with Gasteiger partial charge >= 0.3 is 0 Å². The maximum absolute atomic E-state index is 2.62. The van der Waals surface area contributed by atoms with E-state index in [-0.39, 0.29) is 5.41 Å². The molecule has 0 unspecified atom stereocenters. The van der Waals surface area contributed by atoms with E-state index >= 15 is 0 Å². The Morgan fingerprint density at radius 3 is 1.32 bits per heavy atom. The molecule has 0 radical (unpaired) electrons. The van der Waals surface area contributed by atoms with Gasteiger partial charge < -0.3 is 9.13 Å². The molecule has 2 heteroatoms. The molecular formula is C64H48N2. The van der Waals surface area contributed by atoms with Gasteiger partial charge in [0.25, 0.3) is 0 Å². The summed E-state index contributed by atoms with van der Waals surface area (Å²) in [7, 11) is 0. The third-order valence-corrected chi connectivity index (χ3v) is 16.9. The first-order chi connectivity index (χ1) is 32.7. The molecule has 5 aliphatic rings. The molecule has 1 spiro atoms. The first kappa shape index (κ1) is 36.9. The Labute approximate surface area is 385 Å². The van der Waals surface area contributed by atoms with Crippen molar-refractivity contribution < 1.29 is 0 Å². The first-order valence-corrected chi connectivity index (χ1v) is 24.3. The standard InChI is InChI=1S/C64H48N2/c1-2-10-42(11-3-1)43-18-25-50(26-19-43)65-60-16-8-5-13-54(60)56-37-45(23-30-62(56)65)46-24-31-63-57(38-46)55-14-6-9-17-61(55)66(63)51-27-20-44(21-28-51)47-22-29-53-52-12-4-7-15-58(52)64(59(53)39-47)48-33-40-32-41(35-48)36-49(64)34-40/h1-31,37-41,48-49H,32-36H2. The quantitative estimate of drug-likeness (QED) is 0.163. The molecule has 4 bridgehead atoms. The lowest BCUT2D eigenvalue weighted by Gasteiger charge is -2.61. The van der Waals surface area contributed by atoms with E-state index in [4.69, 9.17) is 0 Å². The number of rotatable bonds is 5. The highest BCUT2D eigenvalue weighted by molar-refractivity contribution is 6.12. The largest absolute Gasteiger partial charge is 0.309 e. The Balaban J connectivity index is 0.796. The third kappa shape index (κ3) is 5.13. The second-order valence-electron chi connectivity index (χ2n) is 20.1. The van der Waals surface area contributed by atoms with E-state index in [2.05, 4.69) is 215 Å². The fourth-order valence-corrected chi connectivity index (χ4v) is 14.4. The molecule has 0 N–H and O–H groups in total. The normalized spacial score (nSPS) is 21.4. The molecule has 4 saturated carbocycles. The van der Waals surface area contributed by atoms with Gasteiger partial charge in [-0.2, -0.15) is 0 Å². The second kappa shape index (κ2) is 13.8. The van der Waals surface area contributed by atoms with Gasteiger partial charge in [0, 0.05) is 38.3 Å². The number of hydrogen-bond acceptors (Lipinski definition) is 0. The summed E-state index contributed by atoms with van der Waals surface area (Å²) in [6.45, 7) is 0. The van der Waals surface area contributed by atoms with Crippen LogP contribution in [-0.4, -0.2) is 9.13 Å². The lowest BCUT2D eigenvalue weighted by Crippen LogP contribution is -2.55. The molecule has 66 heavy (non-hydrogen) atoms. The lowest BCUT2D eigenvalue weighted by atomic mass is 9.43. The van der Waals surface area contributed by atoms with Crippen molar-refractivity contribution in [2.45, 2.75) is 37.5 Å². The minimum atomic E-state index is 0.178. The van der Waals surface area contributed by atoms with E-state index in [1.165, 1.54) is 132 Å². The highest BCUT2D eigenvalue weighted by Gasteiger charge is 2.61.